The molecule has 2 aromatic heterocycles. The summed E-state index contributed by atoms with van der Waals surface area (Å²) >= 11 is 0. The molecule has 144 valence electrons. The van der Waals surface area contributed by atoms with Crippen molar-refractivity contribution < 1.29 is 9.21 Å². The van der Waals surface area contributed by atoms with Gasteiger partial charge in [-0.05, 0) is 23.6 Å². The van der Waals surface area contributed by atoms with Crippen LogP contribution in [0.3, 0.4) is 0 Å². The molecule has 1 aromatic carbocycles. The summed E-state index contributed by atoms with van der Waals surface area (Å²) in [5, 5.41) is 5.73. The van der Waals surface area contributed by atoms with Gasteiger partial charge in [0.05, 0.1) is 18.5 Å². The Morgan fingerprint density at radius 2 is 1.89 bits per heavy atom. The van der Waals surface area contributed by atoms with Gasteiger partial charge < -0.3 is 19.5 Å². The summed E-state index contributed by atoms with van der Waals surface area (Å²) in [6.07, 6.45) is 3.36. The van der Waals surface area contributed by atoms with E-state index in [4.69, 9.17) is 4.42 Å². The van der Waals surface area contributed by atoms with Crippen LogP contribution in [0.25, 0.3) is 10.8 Å². The van der Waals surface area contributed by atoms with Crippen molar-refractivity contribution in [2.75, 3.05) is 33.2 Å². The van der Waals surface area contributed by atoms with Crippen LogP contribution in [-0.2, 0) is 6.54 Å². The molecular weight excluding hydrogens is 354 g/mol. The lowest BCUT2D eigenvalue weighted by Gasteiger charge is -2.36. The molecule has 3 aromatic rings. The summed E-state index contributed by atoms with van der Waals surface area (Å²) in [6.45, 7) is 3.29. The zero-order chi connectivity index (χ0) is 19.3. The van der Waals surface area contributed by atoms with E-state index in [9.17, 15) is 4.79 Å². The second kappa shape index (κ2) is 8.12. The van der Waals surface area contributed by atoms with Crippen LogP contribution >= 0.6 is 0 Å². The maximum absolute atomic E-state index is 12.4. The average Bonchev–Trinajstić information content (AvgIpc) is 3.29. The zero-order valence-electron chi connectivity index (χ0n) is 15.8. The predicted octanol–water partition coefficient (Wildman–Crippen LogP) is 2.36. The van der Waals surface area contributed by atoms with Crippen molar-refractivity contribution in [3.63, 3.8) is 0 Å². The predicted molar refractivity (Wildman–Crippen MR) is 108 cm³/mol. The number of pyridine rings is 1. The molecule has 0 aliphatic carbocycles. The van der Waals surface area contributed by atoms with Gasteiger partial charge >= 0.3 is 0 Å². The number of benzene rings is 1. The number of aromatic nitrogens is 1. The molecule has 0 atom stereocenters. The third-order valence-corrected chi connectivity index (χ3v) is 4.98. The molecule has 1 fully saturated rings. The number of hydrogen-bond acceptors (Lipinski definition) is 4. The van der Waals surface area contributed by atoms with Gasteiger partial charge in [-0.15, -0.1) is 0 Å². The molecule has 1 N–H and O–H groups in total. The van der Waals surface area contributed by atoms with Crippen LogP contribution in [0.1, 0.15) is 16.2 Å². The molecule has 0 radical (unpaired) electrons. The fraction of sp³-hybridized carbons (Fsp3) is 0.286. The number of piperazine rings is 1. The van der Waals surface area contributed by atoms with Crippen molar-refractivity contribution in [2.24, 2.45) is 4.99 Å². The van der Waals surface area contributed by atoms with E-state index in [0.29, 0.717) is 25.4 Å². The number of guanidine groups is 1. The van der Waals surface area contributed by atoms with E-state index >= 15 is 0 Å². The summed E-state index contributed by atoms with van der Waals surface area (Å²) in [5.41, 5.74) is 0.992. The molecule has 7 nitrogen and oxygen atoms in total. The molecule has 0 spiro atoms. The fourth-order valence-corrected chi connectivity index (χ4v) is 3.50. The Morgan fingerprint density at radius 1 is 1.11 bits per heavy atom. The SMILES string of the molecule is CN=C(NCc1nccc2ccccc12)N1CCN(C(=O)c2ccco2)CC1. The van der Waals surface area contributed by atoms with Crippen LogP contribution in [0.4, 0.5) is 0 Å². The van der Waals surface area contributed by atoms with Gasteiger partial charge in [-0.2, -0.15) is 0 Å². The third-order valence-electron chi connectivity index (χ3n) is 4.98. The molecule has 4 rings (SSSR count). The Hall–Kier alpha value is -3.35. The minimum absolute atomic E-state index is 0.0625. The van der Waals surface area contributed by atoms with Gasteiger partial charge in [0, 0.05) is 44.8 Å². The molecule has 1 amide bonds. The lowest BCUT2D eigenvalue weighted by molar-refractivity contribution is 0.0657. The summed E-state index contributed by atoms with van der Waals surface area (Å²) in [6, 6.07) is 13.7. The molecule has 1 saturated heterocycles. The first-order valence-corrected chi connectivity index (χ1v) is 9.37. The number of nitrogens with one attached hydrogen (secondary N) is 1. The van der Waals surface area contributed by atoms with Crippen molar-refractivity contribution >= 4 is 22.6 Å². The van der Waals surface area contributed by atoms with Crippen LogP contribution in [0, 0.1) is 0 Å². The van der Waals surface area contributed by atoms with Gasteiger partial charge in [0.15, 0.2) is 11.7 Å². The van der Waals surface area contributed by atoms with Gasteiger partial charge in [-0.1, -0.05) is 24.3 Å². The Morgan fingerprint density at radius 3 is 2.64 bits per heavy atom. The monoisotopic (exact) mass is 377 g/mol. The maximum atomic E-state index is 12.4. The van der Waals surface area contributed by atoms with Gasteiger partial charge in [-0.25, -0.2) is 0 Å². The van der Waals surface area contributed by atoms with Gasteiger partial charge in [0.1, 0.15) is 0 Å². The maximum Gasteiger partial charge on any atom is 0.289 e. The second-order valence-corrected chi connectivity index (χ2v) is 6.64. The molecule has 7 heteroatoms. The number of nitrogens with zero attached hydrogens (tertiary/aromatic N) is 4. The number of aliphatic imine (C=N–C) groups is 1. The summed E-state index contributed by atoms with van der Waals surface area (Å²) in [5.74, 6) is 1.14. The minimum atomic E-state index is -0.0625. The van der Waals surface area contributed by atoms with Crippen LogP contribution in [-0.4, -0.2) is 59.9 Å². The number of rotatable bonds is 3. The molecular formula is C21H23N5O2. The van der Waals surface area contributed by atoms with Gasteiger partial charge in [-0.3, -0.25) is 14.8 Å². The van der Waals surface area contributed by atoms with Crippen LogP contribution in [0.2, 0.25) is 0 Å². The summed E-state index contributed by atoms with van der Waals surface area (Å²) < 4.78 is 5.22. The fourth-order valence-electron chi connectivity index (χ4n) is 3.50. The highest BCUT2D eigenvalue weighted by molar-refractivity contribution is 5.91. The number of fused-ring (bicyclic) bond motifs is 1. The van der Waals surface area contributed by atoms with Crippen LogP contribution in [0.15, 0.2) is 64.3 Å². The molecule has 0 bridgehead atoms. The molecule has 0 unspecified atom stereocenters. The van der Waals surface area contributed by atoms with E-state index in [1.165, 1.54) is 11.6 Å². The Kier molecular flexibility index (Phi) is 5.23. The van der Waals surface area contributed by atoms with Crippen LogP contribution in [0.5, 0.6) is 0 Å². The van der Waals surface area contributed by atoms with E-state index in [1.807, 2.05) is 29.3 Å². The zero-order valence-corrected chi connectivity index (χ0v) is 15.8. The number of carbonyl (C=O) groups is 1. The number of carbonyl (C=O) groups excluding carboxylic acids is 1. The van der Waals surface area contributed by atoms with Gasteiger partial charge in [0.2, 0.25) is 0 Å². The topological polar surface area (TPSA) is 74.0 Å². The Bertz CT molecular complexity index is 970. The third kappa shape index (κ3) is 3.69. The highest BCUT2D eigenvalue weighted by Gasteiger charge is 2.25. The minimum Gasteiger partial charge on any atom is -0.459 e. The quantitative estimate of drug-likeness (QED) is 0.560. The van der Waals surface area contributed by atoms with E-state index in [-0.39, 0.29) is 5.91 Å². The van der Waals surface area contributed by atoms with E-state index in [0.717, 1.165) is 30.1 Å². The highest BCUT2D eigenvalue weighted by Crippen LogP contribution is 2.16. The average molecular weight is 377 g/mol. The van der Waals surface area contributed by atoms with Crippen molar-refractivity contribution in [1.82, 2.24) is 20.1 Å². The number of hydrogen-bond donors (Lipinski definition) is 1. The largest absolute Gasteiger partial charge is 0.459 e. The van der Waals surface area contributed by atoms with Crippen LogP contribution < -0.4 is 5.32 Å². The first kappa shape index (κ1) is 18.0. The van der Waals surface area contributed by atoms with E-state index in [1.54, 1.807) is 19.2 Å². The molecule has 0 saturated carbocycles. The molecule has 1 aliphatic rings. The lowest BCUT2D eigenvalue weighted by atomic mass is 10.1. The summed E-state index contributed by atoms with van der Waals surface area (Å²) in [4.78, 5) is 25.3. The first-order chi connectivity index (χ1) is 13.8. The number of furan rings is 1. The number of amides is 1. The first-order valence-electron chi connectivity index (χ1n) is 9.37. The van der Waals surface area contributed by atoms with Gasteiger partial charge in [0.25, 0.3) is 5.91 Å². The highest BCUT2D eigenvalue weighted by atomic mass is 16.3. The molecule has 28 heavy (non-hydrogen) atoms. The van der Waals surface area contributed by atoms with Crippen molar-refractivity contribution in [3.05, 3.63) is 66.4 Å². The van der Waals surface area contributed by atoms with E-state index in [2.05, 4.69) is 32.3 Å². The standard InChI is InChI=1S/C21H23N5O2/c1-22-21(24-15-18-17-6-3-2-5-16(17)8-9-23-18)26-12-10-25(11-13-26)20(27)19-7-4-14-28-19/h2-9,14H,10-13,15H2,1H3,(H,22,24). The summed E-state index contributed by atoms with van der Waals surface area (Å²) in [7, 11) is 1.78. The molecule has 1 aliphatic heterocycles. The smallest absolute Gasteiger partial charge is 0.289 e. The van der Waals surface area contributed by atoms with Crippen molar-refractivity contribution in [1.29, 1.82) is 0 Å². The Balaban J connectivity index is 1.37. The van der Waals surface area contributed by atoms with Crippen molar-refractivity contribution in [2.45, 2.75) is 6.54 Å². The van der Waals surface area contributed by atoms with Crippen molar-refractivity contribution in [3.8, 4) is 0 Å². The second-order valence-electron chi connectivity index (χ2n) is 6.64. The van der Waals surface area contributed by atoms with E-state index < -0.39 is 0 Å². The Labute approximate surface area is 163 Å². The normalized spacial score (nSPS) is 15.1. The molecule has 3 heterocycles. The lowest BCUT2D eigenvalue weighted by Crippen LogP contribution is -2.53.